The summed E-state index contributed by atoms with van der Waals surface area (Å²) in [7, 11) is 0. The first-order chi connectivity index (χ1) is 7.83. The van der Waals surface area contributed by atoms with Gasteiger partial charge < -0.3 is 10.5 Å². The number of nitrogen functional groups attached to an aromatic ring is 1. The monoisotopic (exact) mass is 253 g/mol. The van der Waals surface area contributed by atoms with E-state index in [2.05, 4.69) is 0 Å². The van der Waals surface area contributed by atoms with Crippen LogP contribution in [0.3, 0.4) is 0 Å². The highest BCUT2D eigenvalue weighted by Crippen LogP contribution is 2.41. The second-order valence-corrected chi connectivity index (χ2v) is 5.48. The van der Waals surface area contributed by atoms with Crippen molar-refractivity contribution in [1.82, 2.24) is 0 Å². The molecule has 1 heterocycles. The number of hydrogen-bond donors (Lipinski definition) is 1. The molecule has 2 rings (SSSR count). The molecule has 0 fully saturated rings. The Bertz CT molecular complexity index is 485. The smallest absolute Gasteiger partial charge is 0.170 e. The third kappa shape index (κ3) is 2.00. The summed E-state index contributed by atoms with van der Waals surface area (Å²) in [6, 6.07) is 3.23. The van der Waals surface area contributed by atoms with Gasteiger partial charge in [0.1, 0.15) is 5.60 Å². The molecule has 0 bridgehead atoms. The van der Waals surface area contributed by atoms with Crippen LogP contribution >= 0.6 is 11.6 Å². The van der Waals surface area contributed by atoms with E-state index in [9.17, 15) is 4.79 Å². The number of fused-ring (bicyclic) bond motifs is 1. The standard InChI is InChI=1S/C13H16ClNO2/c1-7(2)13(3)6-11(16)9-4-8(14)5-10(15)12(9)17-13/h4-5,7H,6,15H2,1-3H3. The van der Waals surface area contributed by atoms with Gasteiger partial charge in [0.2, 0.25) is 0 Å². The quantitative estimate of drug-likeness (QED) is 0.782. The molecule has 0 amide bonds. The van der Waals surface area contributed by atoms with Crippen LogP contribution in [0.1, 0.15) is 37.6 Å². The molecule has 92 valence electrons. The van der Waals surface area contributed by atoms with Crippen molar-refractivity contribution in [3.05, 3.63) is 22.7 Å². The number of rotatable bonds is 1. The summed E-state index contributed by atoms with van der Waals surface area (Å²) in [6.45, 7) is 6.00. The molecule has 0 aromatic heterocycles. The molecule has 0 spiro atoms. The van der Waals surface area contributed by atoms with Crippen molar-refractivity contribution >= 4 is 23.1 Å². The topological polar surface area (TPSA) is 52.3 Å². The Labute approximate surface area is 106 Å². The maximum absolute atomic E-state index is 12.1. The second kappa shape index (κ2) is 3.91. The Morgan fingerprint density at radius 2 is 2.12 bits per heavy atom. The Morgan fingerprint density at radius 1 is 1.47 bits per heavy atom. The van der Waals surface area contributed by atoms with Crippen LogP contribution in [0.4, 0.5) is 5.69 Å². The van der Waals surface area contributed by atoms with E-state index in [4.69, 9.17) is 22.1 Å². The van der Waals surface area contributed by atoms with Gasteiger partial charge in [-0.2, -0.15) is 0 Å². The molecular formula is C13H16ClNO2. The first-order valence-electron chi connectivity index (χ1n) is 5.65. The van der Waals surface area contributed by atoms with E-state index in [1.807, 2.05) is 20.8 Å². The molecule has 0 saturated heterocycles. The van der Waals surface area contributed by atoms with E-state index in [-0.39, 0.29) is 11.7 Å². The number of ether oxygens (including phenoxy) is 1. The molecule has 1 aromatic rings. The second-order valence-electron chi connectivity index (χ2n) is 5.04. The number of hydrogen-bond acceptors (Lipinski definition) is 3. The molecule has 1 atom stereocenters. The number of nitrogens with two attached hydrogens (primary N) is 1. The van der Waals surface area contributed by atoms with Crippen LogP contribution in [0.5, 0.6) is 5.75 Å². The summed E-state index contributed by atoms with van der Waals surface area (Å²) in [6.07, 6.45) is 0.359. The number of ketones is 1. The largest absolute Gasteiger partial charge is 0.484 e. The van der Waals surface area contributed by atoms with Gasteiger partial charge in [-0.3, -0.25) is 4.79 Å². The molecule has 17 heavy (non-hydrogen) atoms. The van der Waals surface area contributed by atoms with Crippen molar-refractivity contribution in [2.75, 3.05) is 5.73 Å². The zero-order chi connectivity index (χ0) is 12.8. The zero-order valence-corrected chi connectivity index (χ0v) is 11.0. The first-order valence-corrected chi connectivity index (χ1v) is 6.02. The molecule has 2 N–H and O–H groups in total. The lowest BCUT2D eigenvalue weighted by Crippen LogP contribution is -2.43. The van der Waals surface area contributed by atoms with E-state index >= 15 is 0 Å². The first kappa shape index (κ1) is 12.2. The summed E-state index contributed by atoms with van der Waals surface area (Å²) in [5, 5.41) is 0.464. The molecule has 4 heteroatoms. The average molecular weight is 254 g/mol. The summed E-state index contributed by atoms with van der Waals surface area (Å²) in [5.74, 6) is 0.744. The maximum Gasteiger partial charge on any atom is 0.170 e. The van der Waals surface area contributed by atoms with Gasteiger partial charge in [-0.05, 0) is 25.0 Å². The van der Waals surface area contributed by atoms with Gasteiger partial charge in [-0.25, -0.2) is 0 Å². The molecule has 0 radical (unpaired) electrons. The zero-order valence-electron chi connectivity index (χ0n) is 10.2. The van der Waals surface area contributed by atoms with Crippen LogP contribution in [-0.4, -0.2) is 11.4 Å². The van der Waals surface area contributed by atoms with Crippen LogP contribution in [-0.2, 0) is 0 Å². The van der Waals surface area contributed by atoms with Crippen molar-refractivity contribution in [1.29, 1.82) is 0 Å². The Morgan fingerprint density at radius 3 is 2.71 bits per heavy atom. The van der Waals surface area contributed by atoms with Crippen LogP contribution in [0.25, 0.3) is 0 Å². The van der Waals surface area contributed by atoms with Crippen molar-refractivity contribution < 1.29 is 9.53 Å². The highest BCUT2D eigenvalue weighted by Gasteiger charge is 2.40. The van der Waals surface area contributed by atoms with Gasteiger partial charge >= 0.3 is 0 Å². The number of Topliss-reactive ketones (excluding diaryl/α,β-unsaturated/α-hetero) is 1. The van der Waals surface area contributed by atoms with Gasteiger partial charge in [0.15, 0.2) is 11.5 Å². The fraction of sp³-hybridized carbons (Fsp3) is 0.462. The highest BCUT2D eigenvalue weighted by molar-refractivity contribution is 6.31. The number of benzene rings is 1. The highest BCUT2D eigenvalue weighted by atomic mass is 35.5. The van der Waals surface area contributed by atoms with Gasteiger partial charge in [-0.1, -0.05) is 25.4 Å². The summed E-state index contributed by atoms with van der Waals surface area (Å²) in [4.78, 5) is 12.1. The van der Waals surface area contributed by atoms with Crippen molar-refractivity contribution in [3.63, 3.8) is 0 Å². The third-order valence-corrected chi connectivity index (χ3v) is 3.67. The minimum atomic E-state index is -0.494. The lowest BCUT2D eigenvalue weighted by molar-refractivity contribution is 0.0219. The predicted octanol–water partition coefficient (Wildman–Crippen LogP) is 3.30. The number of anilines is 1. The summed E-state index contributed by atoms with van der Waals surface area (Å²) < 4.78 is 5.93. The van der Waals surface area contributed by atoms with Gasteiger partial charge in [0.05, 0.1) is 17.7 Å². The number of carbonyl (C=O) groups excluding carboxylic acids is 1. The van der Waals surface area contributed by atoms with Crippen LogP contribution in [0.15, 0.2) is 12.1 Å². The molecule has 0 aliphatic carbocycles. The normalized spacial score (nSPS) is 23.5. The molecule has 1 aromatic carbocycles. The fourth-order valence-corrected chi connectivity index (χ4v) is 2.17. The van der Waals surface area contributed by atoms with Crippen molar-refractivity contribution in [3.8, 4) is 5.75 Å². The van der Waals surface area contributed by atoms with E-state index < -0.39 is 5.60 Å². The van der Waals surface area contributed by atoms with Crippen LogP contribution in [0.2, 0.25) is 5.02 Å². The third-order valence-electron chi connectivity index (χ3n) is 3.45. The molecule has 1 aliphatic rings. The Kier molecular flexibility index (Phi) is 2.82. The van der Waals surface area contributed by atoms with Crippen molar-refractivity contribution in [2.24, 2.45) is 5.92 Å². The maximum atomic E-state index is 12.1. The van der Waals surface area contributed by atoms with E-state index in [0.29, 0.717) is 28.4 Å². The lowest BCUT2D eigenvalue weighted by Gasteiger charge is -2.38. The van der Waals surface area contributed by atoms with E-state index in [1.165, 1.54) is 0 Å². The minimum absolute atomic E-state index is 0.0386. The molecule has 0 saturated carbocycles. The van der Waals surface area contributed by atoms with E-state index in [0.717, 1.165) is 0 Å². The lowest BCUT2D eigenvalue weighted by atomic mass is 9.83. The fourth-order valence-electron chi connectivity index (χ4n) is 1.94. The van der Waals surface area contributed by atoms with Gasteiger partial charge in [0.25, 0.3) is 0 Å². The van der Waals surface area contributed by atoms with Crippen LogP contribution in [0, 0.1) is 5.92 Å². The van der Waals surface area contributed by atoms with Gasteiger partial charge in [-0.15, -0.1) is 0 Å². The van der Waals surface area contributed by atoms with Crippen molar-refractivity contribution in [2.45, 2.75) is 32.8 Å². The molecule has 1 unspecified atom stereocenters. The van der Waals surface area contributed by atoms with Crippen LogP contribution < -0.4 is 10.5 Å². The Balaban J connectivity index is 2.54. The average Bonchev–Trinajstić information content (AvgIpc) is 2.20. The summed E-state index contributed by atoms with van der Waals surface area (Å²) in [5.41, 5.74) is 6.29. The SMILES string of the molecule is CC(C)C1(C)CC(=O)c2cc(Cl)cc(N)c2O1. The summed E-state index contributed by atoms with van der Waals surface area (Å²) >= 11 is 5.89. The Hall–Kier alpha value is -1.22. The van der Waals surface area contributed by atoms with E-state index in [1.54, 1.807) is 12.1 Å². The number of halogens is 1. The molecule has 3 nitrogen and oxygen atoms in total. The van der Waals surface area contributed by atoms with Gasteiger partial charge in [0, 0.05) is 5.02 Å². The predicted molar refractivity (Wildman–Crippen MR) is 68.7 cm³/mol. The molecule has 1 aliphatic heterocycles. The number of carbonyl (C=O) groups is 1. The molecular weight excluding hydrogens is 238 g/mol. The minimum Gasteiger partial charge on any atom is -0.484 e.